The maximum Gasteiger partial charge on any atom is 0.264 e. The Morgan fingerprint density at radius 1 is 1.03 bits per heavy atom. The van der Waals surface area contributed by atoms with Gasteiger partial charge in [0, 0.05) is 4.47 Å². The molecule has 9 heteroatoms. The standard InChI is InChI=1S/C25H25BrN2O5S/c1-17-6-9-22(10-7-17)34(30,31)28(21-5-3-4-20(26)15-21)16-25(29)27-18(2)19-8-11-23-24(14-19)33-13-12-32-23/h3-11,14-15,18H,12-13,16H2,1-2H3,(H,27,29). The first-order chi connectivity index (χ1) is 16.2. The Morgan fingerprint density at radius 3 is 2.44 bits per heavy atom. The molecule has 1 N–H and O–H groups in total. The van der Waals surface area contributed by atoms with Crippen molar-refractivity contribution in [1.29, 1.82) is 0 Å². The number of hydrogen-bond acceptors (Lipinski definition) is 5. The molecular weight excluding hydrogens is 520 g/mol. The van der Waals surface area contributed by atoms with Gasteiger partial charge in [-0.05, 0) is 61.9 Å². The number of rotatable bonds is 7. The molecule has 178 valence electrons. The number of hydrogen-bond donors (Lipinski definition) is 1. The van der Waals surface area contributed by atoms with Crippen molar-refractivity contribution in [3.8, 4) is 11.5 Å². The quantitative estimate of drug-likeness (QED) is 0.469. The number of carbonyl (C=O) groups is 1. The molecule has 0 fully saturated rings. The molecule has 0 saturated heterocycles. The summed E-state index contributed by atoms with van der Waals surface area (Å²) in [5.41, 5.74) is 2.16. The van der Waals surface area contributed by atoms with Gasteiger partial charge in [0.15, 0.2) is 11.5 Å². The van der Waals surface area contributed by atoms with Gasteiger partial charge in [-0.25, -0.2) is 8.42 Å². The smallest absolute Gasteiger partial charge is 0.264 e. The Labute approximate surface area is 207 Å². The van der Waals surface area contributed by atoms with Gasteiger partial charge in [-0.1, -0.05) is 45.8 Å². The van der Waals surface area contributed by atoms with Crippen molar-refractivity contribution in [1.82, 2.24) is 5.32 Å². The van der Waals surface area contributed by atoms with Gasteiger partial charge >= 0.3 is 0 Å². The van der Waals surface area contributed by atoms with Gasteiger partial charge in [0.2, 0.25) is 5.91 Å². The van der Waals surface area contributed by atoms with Gasteiger partial charge in [0.25, 0.3) is 10.0 Å². The van der Waals surface area contributed by atoms with Crippen LogP contribution in [0.1, 0.15) is 24.1 Å². The molecule has 34 heavy (non-hydrogen) atoms. The molecule has 0 bridgehead atoms. The summed E-state index contributed by atoms with van der Waals surface area (Å²) >= 11 is 3.39. The SMILES string of the molecule is Cc1ccc(S(=O)(=O)N(CC(=O)NC(C)c2ccc3c(c2)OCCO3)c2cccc(Br)c2)cc1. The van der Waals surface area contributed by atoms with Crippen molar-refractivity contribution >= 4 is 37.5 Å². The van der Waals surface area contributed by atoms with Crippen molar-refractivity contribution in [2.45, 2.75) is 24.8 Å². The van der Waals surface area contributed by atoms with Crippen molar-refractivity contribution in [2.75, 3.05) is 24.1 Å². The van der Waals surface area contributed by atoms with Crippen LogP contribution in [0.2, 0.25) is 0 Å². The minimum atomic E-state index is -3.98. The van der Waals surface area contributed by atoms with Crippen LogP contribution in [0, 0.1) is 6.92 Å². The van der Waals surface area contributed by atoms with Crippen LogP contribution in [-0.2, 0) is 14.8 Å². The number of benzene rings is 3. The maximum atomic E-state index is 13.5. The van der Waals surface area contributed by atoms with E-state index in [9.17, 15) is 13.2 Å². The number of halogens is 1. The molecule has 1 heterocycles. The summed E-state index contributed by atoms with van der Waals surface area (Å²) in [6.07, 6.45) is 0. The van der Waals surface area contributed by atoms with Crippen LogP contribution in [0.4, 0.5) is 5.69 Å². The fourth-order valence-corrected chi connectivity index (χ4v) is 5.41. The zero-order valence-corrected chi connectivity index (χ0v) is 21.2. The number of amides is 1. The summed E-state index contributed by atoms with van der Waals surface area (Å²) in [7, 11) is -3.98. The van der Waals surface area contributed by atoms with Crippen LogP contribution in [0.15, 0.2) is 76.1 Å². The zero-order chi connectivity index (χ0) is 24.3. The molecule has 1 amide bonds. The summed E-state index contributed by atoms with van der Waals surface area (Å²) in [5, 5.41) is 2.90. The molecule has 4 rings (SSSR count). The van der Waals surface area contributed by atoms with Crippen LogP contribution in [0.3, 0.4) is 0 Å². The number of sulfonamides is 1. The van der Waals surface area contributed by atoms with Crippen LogP contribution in [-0.4, -0.2) is 34.1 Å². The minimum Gasteiger partial charge on any atom is -0.486 e. The maximum absolute atomic E-state index is 13.5. The van der Waals surface area contributed by atoms with Crippen molar-refractivity contribution in [3.05, 3.63) is 82.3 Å². The van der Waals surface area contributed by atoms with E-state index in [0.29, 0.717) is 34.9 Å². The second-order valence-corrected chi connectivity index (χ2v) is 10.8. The number of aryl methyl sites for hydroxylation is 1. The highest BCUT2D eigenvalue weighted by atomic mass is 79.9. The number of nitrogens with zero attached hydrogens (tertiary/aromatic N) is 1. The fourth-order valence-electron chi connectivity index (χ4n) is 3.61. The Kier molecular flexibility index (Phi) is 7.13. The van der Waals surface area contributed by atoms with E-state index in [0.717, 1.165) is 15.4 Å². The van der Waals surface area contributed by atoms with E-state index in [4.69, 9.17) is 9.47 Å². The van der Waals surface area contributed by atoms with Crippen molar-refractivity contribution in [2.24, 2.45) is 0 Å². The lowest BCUT2D eigenvalue weighted by molar-refractivity contribution is -0.120. The molecule has 1 unspecified atom stereocenters. The normalized spacial score (nSPS) is 13.7. The van der Waals surface area contributed by atoms with Gasteiger partial charge in [0.1, 0.15) is 19.8 Å². The minimum absolute atomic E-state index is 0.116. The third kappa shape index (κ3) is 5.37. The fraction of sp³-hybridized carbons (Fsp3) is 0.240. The number of carbonyl (C=O) groups excluding carboxylic acids is 1. The van der Waals surface area contributed by atoms with E-state index in [1.807, 2.05) is 32.0 Å². The lowest BCUT2D eigenvalue weighted by atomic mass is 10.1. The Morgan fingerprint density at radius 2 is 1.74 bits per heavy atom. The highest BCUT2D eigenvalue weighted by Gasteiger charge is 2.28. The number of anilines is 1. The number of ether oxygens (including phenoxy) is 2. The van der Waals surface area contributed by atoms with E-state index in [2.05, 4.69) is 21.2 Å². The van der Waals surface area contributed by atoms with Crippen LogP contribution in [0.5, 0.6) is 11.5 Å². The highest BCUT2D eigenvalue weighted by Crippen LogP contribution is 2.33. The first-order valence-electron chi connectivity index (χ1n) is 10.8. The molecule has 1 atom stereocenters. The van der Waals surface area contributed by atoms with Crippen molar-refractivity contribution < 1.29 is 22.7 Å². The Balaban J connectivity index is 1.57. The Hall–Kier alpha value is -3.04. The molecule has 0 spiro atoms. The first kappa shape index (κ1) is 24.1. The molecule has 1 aliphatic rings. The summed E-state index contributed by atoms with van der Waals surface area (Å²) in [6, 6.07) is 18.5. The van der Waals surface area contributed by atoms with Crippen molar-refractivity contribution in [3.63, 3.8) is 0 Å². The third-order valence-corrected chi connectivity index (χ3v) is 7.72. The lowest BCUT2D eigenvalue weighted by Gasteiger charge is -2.26. The Bertz CT molecular complexity index is 1290. The molecule has 1 aliphatic heterocycles. The van der Waals surface area contributed by atoms with E-state index in [1.54, 1.807) is 48.5 Å². The summed E-state index contributed by atoms with van der Waals surface area (Å²) in [5.74, 6) is 0.860. The first-order valence-corrected chi connectivity index (χ1v) is 13.0. The predicted octanol–water partition coefficient (Wildman–Crippen LogP) is 4.60. The van der Waals surface area contributed by atoms with E-state index in [-0.39, 0.29) is 17.5 Å². The lowest BCUT2D eigenvalue weighted by Crippen LogP contribution is -2.41. The summed E-state index contributed by atoms with van der Waals surface area (Å²) in [4.78, 5) is 13.1. The molecule has 0 aromatic heterocycles. The number of fused-ring (bicyclic) bond motifs is 1. The van der Waals surface area contributed by atoms with Gasteiger partial charge in [0.05, 0.1) is 16.6 Å². The van der Waals surface area contributed by atoms with Crippen LogP contribution >= 0.6 is 15.9 Å². The predicted molar refractivity (Wildman–Crippen MR) is 134 cm³/mol. The summed E-state index contributed by atoms with van der Waals surface area (Å²) < 4.78 is 40.0. The third-order valence-electron chi connectivity index (χ3n) is 5.44. The van der Waals surface area contributed by atoms with E-state index >= 15 is 0 Å². The average Bonchev–Trinajstić information content (AvgIpc) is 2.82. The van der Waals surface area contributed by atoms with Crippen LogP contribution in [0.25, 0.3) is 0 Å². The average molecular weight is 545 g/mol. The molecular formula is C25H25BrN2O5S. The van der Waals surface area contributed by atoms with Gasteiger partial charge in [-0.2, -0.15) is 0 Å². The van der Waals surface area contributed by atoms with E-state index < -0.39 is 15.9 Å². The van der Waals surface area contributed by atoms with Gasteiger partial charge in [-0.3, -0.25) is 9.10 Å². The highest BCUT2D eigenvalue weighted by molar-refractivity contribution is 9.10. The van der Waals surface area contributed by atoms with Crippen LogP contribution < -0.4 is 19.1 Å². The molecule has 3 aromatic rings. The monoisotopic (exact) mass is 544 g/mol. The summed E-state index contributed by atoms with van der Waals surface area (Å²) in [6.45, 7) is 4.31. The topological polar surface area (TPSA) is 84.9 Å². The van der Waals surface area contributed by atoms with Gasteiger partial charge < -0.3 is 14.8 Å². The second-order valence-electron chi connectivity index (χ2n) is 8.00. The molecule has 0 radical (unpaired) electrons. The van der Waals surface area contributed by atoms with Gasteiger partial charge in [-0.15, -0.1) is 0 Å². The van der Waals surface area contributed by atoms with E-state index in [1.165, 1.54) is 0 Å². The molecule has 0 saturated carbocycles. The molecule has 7 nitrogen and oxygen atoms in total. The largest absolute Gasteiger partial charge is 0.486 e. The second kappa shape index (κ2) is 10.1. The molecule has 3 aromatic carbocycles. The number of nitrogens with one attached hydrogen (secondary N) is 1. The molecule has 0 aliphatic carbocycles. The zero-order valence-electron chi connectivity index (χ0n) is 18.8.